The van der Waals surface area contributed by atoms with Gasteiger partial charge in [0.2, 0.25) is 0 Å². The molecule has 0 unspecified atom stereocenters. The van der Waals surface area contributed by atoms with Crippen LogP contribution in [0.4, 0.5) is 0 Å². The van der Waals surface area contributed by atoms with Gasteiger partial charge in [0, 0.05) is 21.7 Å². The van der Waals surface area contributed by atoms with Gasteiger partial charge < -0.3 is 4.42 Å². The fourth-order valence-electron chi connectivity index (χ4n) is 7.72. The first-order chi connectivity index (χ1) is 22.3. The maximum absolute atomic E-state index is 6.80. The highest BCUT2D eigenvalue weighted by Crippen LogP contribution is 2.50. The number of hydrogen-bond donors (Lipinski definition) is 0. The maximum Gasteiger partial charge on any atom is 0.143 e. The van der Waals surface area contributed by atoms with E-state index in [1.807, 2.05) is 0 Å². The third kappa shape index (κ3) is 3.44. The molecule has 45 heavy (non-hydrogen) atoms. The van der Waals surface area contributed by atoms with Crippen LogP contribution in [0, 0.1) is 0 Å². The zero-order chi connectivity index (χ0) is 29.5. The van der Waals surface area contributed by atoms with Crippen LogP contribution in [0.3, 0.4) is 0 Å². The van der Waals surface area contributed by atoms with Crippen LogP contribution >= 0.6 is 0 Å². The standard InChI is InChI=1S/C44H26O/c1-4-16-30-27(12-1)15-11-23-33(30)40-34-19-7-9-21-36(34)41(37-22-10-8-20-35(37)40)43-31-17-5-3-14-29(31)26-39-42(43)38-25-24-28-13-2-6-18-32(28)44(38)45-39/h1-26H. The van der Waals surface area contributed by atoms with Crippen molar-refractivity contribution in [1.82, 2.24) is 0 Å². The van der Waals surface area contributed by atoms with Crippen molar-refractivity contribution >= 4 is 75.8 Å². The minimum Gasteiger partial charge on any atom is -0.455 e. The van der Waals surface area contributed by atoms with E-state index in [9.17, 15) is 0 Å². The van der Waals surface area contributed by atoms with Crippen LogP contribution in [0.5, 0.6) is 0 Å². The van der Waals surface area contributed by atoms with Gasteiger partial charge in [-0.15, -0.1) is 0 Å². The molecule has 0 saturated carbocycles. The van der Waals surface area contributed by atoms with Crippen molar-refractivity contribution in [3.8, 4) is 22.3 Å². The lowest BCUT2D eigenvalue weighted by molar-refractivity contribution is 0.673. The normalized spacial score (nSPS) is 12.0. The molecule has 10 aromatic rings. The summed E-state index contributed by atoms with van der Waals surface area (Å²) in [6, 6.07) is 57.3. The van der Waals surface area contributed by atoms with Crippen LogP contribution in [0.2, 0.25) is 0 Å². The van der Waals surface area contributed by atoms with Crippen molar-refractivity contribution in [2.45, 2.75) is 0 Å². The summed E-state index contributed by atoms with van der Waals surface area (Å²) in [5, 5.41) is 14.6. The van der Waals surface area contributed by atoms with Gasteiger partial charge in [-0.2, -0.15) is 0 Å². The molecule has 208 valence electrons. The summed E-state index contributed by atoms with van der Waals surface area (Å²) < 4.78 is 6.80. The lowest BCUT2D eigenvalue weighted by Gasteiger charge is -2.20. The van der Waals surface area contributed by atoms with Crippen molar-refractivity contribution in [3.63, 3.8) is 0 Å². The Balaban J connectivity index is 1.45. The van der Waals surface area contributed by atoms with Crippen LogP contribution in [0.1, 0.15) is 0 Å². The van der Waals surface area contributed by atoms with Crippen molar-refractivity contribution in [2.24, 2.45) is 0 Å². The van der Waals surface area contributed by atoms with Crippen LogP contribution in [0.25, 0.3) is 98.1 Å². The maximum atomic E-state index is 6.80. The molecule has 0 aliphatic heterocycles. The Bertz CT molecular complexity index is 2750. The Morgan fingerprint density at radius 3 is 1.51 bits per heavy atom. The molecule has 1 nitrogen and oxygen atoms in total. The second-order valence-electron chi connectivity index (χ2n) is 12.0. The van der Waals surface area contributed by atoms with Gasteiger partial charge in [-0.25, -0.2) is 0 Å². The Kier molecular flexibility index (Phi) is 5.06. The molecule has 1 heteroatoms. The third-order valence-corrected chi connectivity index (χ3v) is 9.61. The van der Waals surface area contributed by atoms with Gasteiger partial charge in [0.15, 0.2) is 0 Å². The van der Waals surface area contributed by atoms with E-state index in [1.54, 1.807) is 0 Å². The van der Waals surface area contributed by atoms with Gasteiger partial charge in [0.1, 0.15) is 11.2 Å². The largest absolute Gasteiger partial charge is 0.455 e. The number of hydrogen-bond acceptors (Lipinski definition) is 1. The highest BCUT2D eigenvalue weighted by molar-refractivity contribution is 6.31. The quantitative estimate of drug-likeness (QED) is 0.188. The molecule has 1 heterocycles. The predicted octanol–water partition coefficient (Wildman–Crippen LogP) is 12.7. The second kappa shape index (κ2) is 9.29. The molecule has 0 spiro atoms. The van der Waals surface area contributed by atoms with E-state index in [1.165, 1.54) is 76.1 Å². The summed E-state index contributed by atoms with van der Waals surface area (Å²) in [5.41, 5.74) is 6.88. The molecule has 0 aliphatic carbocycles. The summed E-state index contributed by atoms with van der Waals surface area (Å²) in [6.07, 6.45) is 0. The number of furan rings is 1. The molecule has 0 bridgehead atoms. The topological polar surface area (TPSA) is 13.1 Å². The predicted molar refractivity (Wildman–Crippen MR) is 192 cm³/mol. The average molecular weight is 571 g/mol. The lowest BCUT2D eigenvalue weighted by Crippen LogP contribution is -1.93. The van der Waals surface area contributed by atoms with Crippen LogP contribution in [-0.2, 0) is 0 Å². The Labute approximate surface area is 259 Å². The molecule has 0 saturated heterocycles. The Hall–Kier alpha value is -5.92. The van der Waals surface area contributed by atoms with E-state index in [-0.39, 0.29) is 0 Å². The smallest absolute Gasteiger partial charge is 0.143 e. The number of rotatable bonds is 2. The van der Waals surface area contributed by atoms with Crippen molar-refractivity contribution in [3.05, 3.63) is 158 Å². The summed E-state index contributed by atoms with van der Waals surface area (Å²) >= 11 is 0. The zero-order valence-electron chi connectivity index (χ0n) is 24.4. The first-order valence-corrected chi connectivity index (χ1v) is 15.5. The molecular weight excluding hydrogens is 544 g/mol. The van der Waals surface area contributed by atoms with Crippen molar-refractivity contribution in [1.29, 1.82) is 0 Å². The van der Waals surface area contributed by atoms with Crippen molar-refractivity contribution < 1.29 is 4.42 Å². The lowest BCUT2D eigenvalue weighted by atomic mass is 9.82. The van der Waals surface area contributed by atoms with E-state index in [0.29, 0.717) is 0 Å². The van der Waals surface area contributed by atoms with Gasteiger partial charge in [0.25, 0.3) is 0 Å². The monoisotopic (exact) mass is 570 g/mol. The van der Waals surface area contributed by atoms with Gasteiger partial charge in [-0.3, -0.25) is 0 Å². The van der Waals surface area contributed by atoms with Crippen LogP contribution in [-0.4, -0.2) is 0 Å². The molecular formula is C44H26O. The zero-order valence-corrected chi connectivity index (χ0v) is 24.4. The fourth-order valence-corrected chi connectivity index (χ4v) is 7.72. The second-order valence-corrected chi connectivity index (χ2v) is 12.0. The molecule has 0 fully saturated rings. The van der Waals surface area contributed by atoms with E-state index in [4.69, 9.17) is 4.42 Å². The molecule has 0 N–H and O–H groups in total. The number of benzene rings is 9. The molecule has 0 aliphatic rings. The Morgan fingerprint density at radius 2 is 0.822 bits per heavy atom. The van der Waals surface area contributed by atoms with Crippen LogP contribution in [0.15, 0.2) is 162 Å². The highest BCUT2D eigenvalue weighted by Gasteiger charge is 2.23. The summed E-state index contributed by atoms with van der Waals surface area (Å²) in [6.45, 7) is 0. The van der Waals surface area contributed by atoms with E-state index < -0.39 is 0 Å². The van der Waals surface area contributed by atoms with Gasteiger partial charge in [-0.05, 0) is 77.3 Å². The number of fused-ring (bicyclic) bond motifs is 9. The van der Waals surface area contributed by atoms with Gasteiger partial charge in [0.05, 0.1) is 0 Å². The van der Waals surface area contributed by atoms with E-state index in [0.717, 1.165) is 21.9 Å². The first-order valence-electron chi connectivity index (χ1n) is 15.5. The summed E-state index contributed by atoms with van der Waals surface area (Å²) in [7, 11) is 0. The minimum absolute atomic E-state index is 0.918. The van der Waals surface area contributed by atoms with E-state index >= 15 is 0 Å². The molecule has 0 atom stereocenters. The molecule has 10 rings (SSSR count). The van der Waals surface area contributed by atoms with Crippen molar-refractivity contribution in [2.75, 3.05) is 0 Å². The highest BCUT2D eigenvalue weighted by atomic mass is 16.3. The molecule has 0 radical (unpaired) electrons. The van der Waals surface area contributed by atoms with E-state index in [2.05, 4.69) is 158 Å². The first kappa shape index (κ1) is 24.5. The van der Waals surface area contributed by atoms with Crippen LogP contribution < -0.4 is 0 Å². The fraction of sp³-hybridized carbons (Fsp3) is 0. The molecule has 9 aromatic carbocycles. The molecule has 0 amide bonds. The summed E-state index contributed by atoms with van der Waals surface area (Å²) in [5.74, 6) is 0. The van der Waals surface area contributed by atoms with Gasteiger partial charge >= 0.3 is 0 Å². The Morgan fingerprint density at radius 1 is 0.311 bits per heavy atom. The third-order valence-electron chi connectivity index (χ3n) is 9.61. The summed E-state index contributed by atoms with van der Waals surface area (Å²) in [4.78, 5) is 0. The SMILES string of the molecule is c1ccc2c(-c3c4ccccc4c(-c4c5ccccc5cc5oc6c7ccccc7ccc6c45)c4ccccc34)cccc2c1. The molecule has 1 aromatic heterocycles. The minimum atomic E-state index is 0.918. The average Bonchev–Trinajstić information content (AvgIpc) is 3.48. The van der Waals surface area contributed by atoms with Gasteiger partial charge in [-0.1, -0.05) is 146 Å².